The van der Waals surface area contributed by atoms with Gasteiger partial charge in [0.05, 0.1) is 0 Å². The van der Waals surface area contributed by atoms with Crippen LogP contribution in [0.4, 0.5) is 5.82 Å². The Morgan fingerprint density at radius 2 is 2.11 bits per heavy atom. The average molecular weight is 253 g/mol. The third-order valence-corrected chi connectivity index (χ3v) is 3.16. The van der Waals surface area contributed by atoms with Crippen LogP contribution in [0.1, 0.15) is 18.4 Å². The Balaban J connectivity index is 1.74. The van der Waals surface area contributed by atoms with Gasteiger partial charge in [0.1, 0.15) is 6.33 Å². The summed E-state index contributed by atoms with van der Waals surface area (Å²) in [6, 6.07) is 10.4. The normalized spacial score (nSPS) is 12.5. The first-order valence-corrected chi connectivity index (χ1v) is 6.28. The van der Waals surface area contributed by atoms with Crippen molar-refractivity contribution in [2.75, 3.05) is 11.9 Å². The first kappa shape index (κ1) is 11.6. The fourth-order valence-electron chi connectivity index (χ4n) is 2.03. The van der Waals surface area contributed by atoms with Crippen molar-refractivity contribution < 1.29 is 0 Å². The Bertz CT molecular complexity index is 662. The monoisotopic (exact) mass is 253 g/mol. The van der Waals surface area contributed by atoms with Gasteiger partial charge in [-0.3, -0.25) is 4.40 Å². The first-order valence-electron chi connectivity index (χ1n) is 6.28. The molecule has 0 spiro atoms. The van der Waals surface area contributed by atoms with Crippen LogP contribution in [0.3, 0.4) is 0 Å². The summed E-state index contributed by atoms with van der Waals surface area (Å²) in [5.41, 5.74) is 2.06. The van der Waals surface area contributed by atoms with Crippen LogP contribution in [0.5, 0.6) is 0 Å². The Morgan fingerprint density at radius 3 is 2.95 bits per heavy atom. The molecule has 96 valence electrons. The lowest BCUT2D eigenvalue weighted by Crippen LogP contribution is -2.11. The van der Waals surface area contributed by atoms with Crippen LogP contribution in [-0.2, 0) is 0 Å². The third kappa shape index (κ3) is 2.40. The molecule has 1 N–H and O–H groups in total. The van der Waals surface area contributed by atoms with Crippen molar-refractivity contribution in [2.45, 2.75) is 12.8 Å². The van der Waals surface area contributed by atoms with E-state index in [0.29, 0.717) is 5.92 Å². The standard InChI is InChI=1S/C14H15N5/c1-11(12-5-3-2-4-6-12)9-16-13-14-18-17-10-19(14)8-7-15-13/h2-8,10-11H,9H2,1H3,(H,15,16). The van der Waals surface area contributed by atoms with Gasteiger partial charge < -0.3 is 5.32 Å². The average Bonchev–Trinajstić information content (AvgIpc) is 2.94. The molecule has 3 rings (SSSR count). The highest BCUT2D eigenvalue weighted by Crippen LogP contribution is 2.16. The molecule has 0 fully saturated rings. The van der Waals surface area contributed by atoms with Crippen molar-refractivity contribution in [1.29, 1.82) is 0 Å². The summed E-state index contributed by atoms with van der Waals surface area (Å²) in [6.45, 7) is 3.00. The minimum Gasteiger partial charge on any atom is -0.366 e. The Hall–Kier alpha value is -2.43. The SMILES string of the molecule is CC(CNc1nccn2cnnc12)c1ccccc1. The molecule has 0 saturated heterocycles. The molecule has 5 heteroatoms. The third-order valence-electron chi connectivity index (χ3n) is 3.16. The van der Waals surface area contributed by atoms with E-state index in [9.17, 15) is 0 Å². The van der Waals surface area contributed by atoms with Crippen LogP contribution in [0.2, 0.25) is 0 Å². The summed E-state index contributed by atoms with van der Waals surface area (Å²) < 4.78 is 1.85. The molecule has 0 aliphatic rings. The van der Waals surface area contributed by atoms with Crippen LogP contribution in [-0.4, -0.2) is 26.1 Å². The molecular formula is C14H15N5. The number of anilines is 1. The van der Waals surface area contributed by atoms with Gasteiger partial charge in [-0.15, -0.1) is 10.2 Å². The van der Waals surface area contributed by atoms with E-state index < -0.39 is 0 Å². The molecule has 1 atom stereocenters. The number of fused-ring (bicyclic) bond motifs is 1. The van der Waals surface area contributed by atoms with E-state index in [2.05, 4.69) is 51.7 Å². The number of hydrogen-bond donors (Lipinski definition) is 1. The molecule has 0 amide bonds. The minimum absolute atomic E-state index is 0.408. The molecule has 0 aliphatic heterocycles. The quantitative estimate of drug-likeness (QED) is 0.775. The van der Waals surface area contributed by atoms with E-state index in [1.807, 2.05) is 16.7 Å². The van der Waals surface area contributed by atoms with Crippen molar-refractivity contribution in [3.05, 3.63) is 54.6 Å². The number of hydrogen-bond acceptors (Lipinski definition) is 4. The maximum absolute atomic E-state index is 4.31. The summed E-state index contributed by atoms with van der Waals surface area (Å²) in [6.07, 6.45) is 5.25. The van der Waals surface area contributed by atoms with Gasteiger partial charge in [0.25, 0.3) is 0 Å². The zero-order valence-corrected chi connectivity index (χ0v) is 10.7. The smallest absolute Gasteiger partial charge is 0.203 e. The molecule has 2 heterocycles. The number of benzene rings is 1. The number of rotatable bonds is 4. The van der Waals surface area contributed by atoms with Crippen molar-refractivity contribution >= 4 is 11.5 Å². The molecule has 1 unspecified atom stereocenters. The molecular weight excluding hydrogens is 238 g/mol. The maximum atomic E-state index is 4.31. The van der Waals surface area contributed by atoms with Crippen molar-refractivity contribution in [3.8, 4) is 0 Å². The van der Waals surface area contributed by atoms with Gasteiger partial charge in [-0.1, -0.05) is 37.3 Å². The lowest BCUT2D eigenvalue weighted by atomic mass is 10.0. The highest BCUT2D eigenvalue weighted by atomic mass is 15.2. The number of nitrogens with zero attached hydrogens (tertiary/aromatic N) is 4. The first-order chi connectivity index (χ1) is 9.34. The van der Waals surface area contributed by atoms with Gasteiger partial charge >= 0.3 is 0 Å². The Kier molecular flexibility index (Phi) is 3.10. The van der Waals surface area contributed by atoms with Crippen molar-refractivity contribution in [1.82, 2.24) is 19.6 Å². The van der Waals surface area contributed by atoms with Gasteiger partial charge in [-0.25, -0.2) is 4.98 Å². The summed E-state index contributed by atoms with van der Waals surface area (Å²) in [5.74, 6) is 1.17. The summed E-state index contributed by atoms with van der Waals surface area (Å²) in [7, 11) is 0. The van der Waals surface area contributed by atoms with Crippen LogP contribution in [0, 0.1) is 0 Å². The minimum atomic E-state index is 0.408. The fourth-order valence-corrected chi connectivity index (χ4v) is 2.03. The lowest BCUT2D eigenvalue weighted by molar-refractivity contribution is 0.801. The van der Waals surface area contributed by atoms with Crippen LogP contribution >= 0.6 is 0 Å². The largest absolute Gasteiger partial charge is 0.366 e. The summed E-state index contributed by atoms with van der Waals surface area (Å²) >= 11 is 0. The summed E-state index contributed by atoms with van der Waals surface area (Å²) in [4.78, 5) is 4.31. The highest BCUT2D eigenvalue weighted by molar-refractivity contribution is 5.61. The molecule has 2 aromatic heterocycles. The molecule has 5 nitrogen and oxygen atoms in total. The molecule has 0 aliphatic carbocycles. The van der Waals surface area contributed by atoms with Crippen molar-refractivity contribution in [3.63, 3.8) is 0 Å². The zero-order valence-electron chi connectivity index (χ0n) is 10.7. The van der Waals surface area contributed by atoms with E-state index in [-0.39, 0.29) is 0 Å². The van der Waals surface area contributed by atoms with E-state index in [1.54, 1.807) is 12.5 Å². The maximum Gasteiger partial charge on any atom is 0.203 e. The molecule has 0 radical (unpaired) electrons. The predicted octanol–water partition coefficient (Wildman–Crippen LogP) is 2.34. The van der Waals surface area contributed by atoms with Crippen molar-refractivity contribution in [2.24, 2.45) is 0 Å². The molecule has 3 aromatic rings. The lowest BCUT2D eigenvalue weighted by Gasteiger charge is -2.13. The molecule has 0 saturated carbocycles. The molecule has 1 aromatic carbocycles. The van der Waals surface area contributed by atoms with Gasteiger partial charge in [-0.2, -0.15) is 0 Å². The second-order valence-electron chi connectivity index (χ2n) is 4.53. The zero-order chi connectivity index (χ0) is 13.1. The van der Waals surface area contributed by atoms with Gasteiger partial charge in [0.2, 0.25) is 5.65 Å². The Labute approximate surface area is 111 Å². The second kappa shape index (κ2) is 5.06. The van der Waals surface area contributed by atoms with Gasteiger partial charge in [-0.05, 0) is 11.5 Å². The summed E-state index contributed by atoms with van der Waals surface area (Å²) in [5, 5.41) is 11.3. The number of nitrogens with one attached hydrogen (secondary N) is 1. The van der Waals surface area contributed by atoms with E-state index in [0.717, 1.165) is 18.0 Å². The van der Waals surface area contributed by atoms with Crippen LogP contribution < -0.4 is 5.32 Å². The second-order valence-corrected chi connectivity index (χ2v) is 4.53. The van der Waals surface area contributed by atoms with E-state index in [1.165, 1.54) is 5.56 Å². The predicted molar refractivity (Wildman–Crippen MR) is 74.1 cm³/mol. The fraction of sp³-hybridized carbons (Fsp3) is 0.214. The van der Waals surface area contributed by atoms with Crippen LogP contribution in [0.15, 0.2) is 49.1 Å². The van der Waals surface area contributed by atoms with E-state index >= 15 is 0 Å². The Morgan fingerprint density at radius 1 is 1.26 bits per heavy atom. The van der Waals surface area contributed by atoms with Gasteiger partial charge in [0.15, 0.2) is 5.82 Å². The van der Waals surface area contributed by atoms with E-state index in [4.69, 9.17) is 0 Å². The highest BCUT2D eigenvalue weighted by Gasteiger charge is 2.08. The topological polar surface area (TPSA) is 55.1 Å². The molecule has 0 bridgehead atoms. The molecule has 19 heavy (non-hydrogen) atoms. The van der Waals surface area contributed by atoms with Gasteiger partial charge in [0, 0.05) is 18.9 Å². The van der Waals surface area contributed by atoms with Crippen LogP contribution in [0.25, 0.3) is 5.65 Å². The number of aromatic nitrogens is 4.